The van der Waals surface area contributed by atoms with E-state index in [2.05, 4.69) is 0 Å². The Balaban J connectivity index is 1.90. The normalized spacial score (nSPS) is 16.5. The lowest BCUT2D eigenvalue weighted by molar-refractivity contribution is -0.120. The van der Waals surface area contributed by atoms with Crippen LogP contribution in [0.15, 0.2) is 24.3 Å². The number of rotatable bonds is 5. The molecule has 3 heteroatoms. The number of carbonyl (C=O) groups excluding carboxylic acids is 1. The summed E-state index contributed by atoms with van der Waals surface area (Å²) in [6.07, 6.45) is 3.16. The molecule has 18 heavy (non-hydrogen) atoms. The monoisotopic (exact) mass is 248 g/mol. The molecule has 0 aromatic heterocycles. The topological polar surface area (TPSA) is 35.5 Å². The summed E-state index contributed by atoms with van der Waals surface area (Å²) >= 11 is 0. The molecule has 98 valence electrons. The maximum absolute atomic E-state index is 12.1. The third-order valence-corrected chi connectivity index (χ3v) is 3.44. The summed E-state index contributed by atoms with van der Waals surface area (Å²) in [5.41, 5.74) is 0.983. The largest absolute Gasteiger partial charge is 0.496 e. The van der Waals surface area contributed by atoms with Gasteiger partial charge >= 0.3 is 0 Å². The van der Waals surface area contributed by atoms with Crippen LogP contribution in [0, 0.1) is 5.92 Å². The van der Waals surface area contributed by atoms with E-state index >= 15 is 0 Å². The van der Waals surface area contributed by atoms with Crippen LogP contribution in [0.25, 0.3) is 0 Å². The van der Waals surface area contributed by atoms with Gasteiger partial charge in [-0.15, -0.1) is 0 Å². The van der Waals surface area contributed by atoms with Crippen LogP contribution in [0.1, 0.15) is 24.8 Å². The molecular weight excluding hydrogens is 228 g/mol. The molecule has 1 saturated heterocycles. The van der Waals surface area contributed by atoms with Gasteiger partial charge in [0.2, 0.25) is 0 Å². The van der Waals surface area contributed by atoms with Crippen LogP contribution >= 0.6 is 0 Å². The maximum Gasteiger partial charge on any atom is 0.137 e. The lowest BCUT2D eigenvalue weighted by Gasteiger charge is -2.21. The van der Waals surface area contributed by atoms with Gasteiger partial charge in [-0.05, 0) is 24.8 Å². The third kappa shape index (κ3) is 3.57. The van der Waals surface area contributed by atoms with Gasteiger partial charge in [0, 0.05) is 31.6 Å². The quantitative estimate of drug-likeness (QED) is 0.803. The van der Waals surface area contributed by atoms with E-state index in [1.165, 1.54) is 0 Å². The molecular formula is C15H20O3. The first-order chi connectivity index (χ1) is 8.79. The number of hydrogen-bond donors (Lipinski definition) is 0. The molecule has 0 amide bonds. The van der Waals surface area contributed by atoms with Crippen LogP contribution in [-0.2, 0) is 16.0 Å². The summed E-state index contributed by atoms with van der Waals surface area (Å²) in [6, 6.07) is 7.72. The fourth-order valence-electron chi connectivity index (χ4n) is 2.41. The minimum atomic E-state index is 0.298. The van der Waals surface area contributed by atoms with Crippen molar-refractivity contribution in [1.29, 1.82) is 0 Å². The minimum Gasteiger partial charge on any atom is -0.496 e. The number of carbonyl (C=O) groups is 1. The van der Waals surface area contributed by atoms with Crippen molar-refractivity contribution in [2.24, 2.45) is 5.92 Å². The highest BCUT2D eigenvalue weighted by Gasteiger charge is 2.18. The molecule has 0 unspecified atom stereocenters. The van der Waals surface area contributed by atoms with E-state index in [0.717, 1.165) is 37.4 Å². The number of Topliss-reactive ketones (excluding diaryl/α,β-unsaturated/α-hetero) is 1. The van der Waals surface area contributed by atoms with E-state index in [9.17, 15) is 4.79 Å². The Bertz CT molecular complexity index is 394. The molecule has 0 spiro atoms. The SMILES string of the molecule is COc1ccccc1CC(=O)CC1CCOCC1. The van der Waals surface area contributed by atoms with Gasteiger partial charge in [0.25, 0.3) is 0 Å². The average Bonchev–Trinajstić information content (AvgIpc) is 2.40. The smallest absolute Gasteiger partial charge is 0.137 e. The fraction of sp³-hybridized carbons (Fsp3) is 0.533. The van der Waals surface area contributed by atoms with E-state index in [1.807, 2.05) is 24.3 Å². The van der Waals surface area contributed by atoms with Gasteiger partial charge in [0.15, 0.2) is 0 Å². The Kier molecular flexibility index (Phi) is 4.76. The molecule has 1 aromatic rings. The number of hydrogen-bond acceptors (Lipinski definition) is 3. The van der Waals surface area contributed by atoms with E-state index in [4.69, 9.17) is 9.47 Å². The van der Waals surface area contributed by atoms with Crippen LogP contribution in [0.4, 0.5) is 0 Å². The first-order valence-corrected chi connectivity index (χ1v) is 6.51. The van der Waals surface area contributed by atoms with Crippen molar-refractivity contribution in [3.05, 3.63) is 29.8 Å². The Morgan fingerprint density at radius 1 is 1.33 bits per heavy atom. The maximum atomic E-state index is 12.1. The molecule has 1 fully saturated rings. The zero-order chi connectivity index (χ0) is 12.8. The van der Waals surface area contributed by atoms with Crippen LogP contribution < -0.4 is 4.74 Å². The number of methoxy groups -OCH3 is 1. The van der Waals surface area contributed by atoms with Crippen molar-refractivity contribution in [2.75, 3.05) is 20.3 Å². The molecule has 0 N–H and O–H groups in total. The van der Waals surface area contributed by atoms with Crippen LogP contribution in [0.3, 0.4) is 0 Å². The van der Waals surface area contributed by atoms with Gasteiger partial charge in [0.05, 0.1) is 7.11 Å². The highest BCUT2D eigenvalue weighted by atomic mass is 16.5. The Morgan fingerprint density at radius 2 is 2.06 bits per heavy atom. The van der Waals surface area contributed by atoms with E-state index in [-0.39, 0.29) is 0 Å². The molecule has 1 heterocycles. The summed E-state index contributed by atoms with van der Waals surface area (Å²) in [6.45, 7) is 1.60. The van der Waals surface area contributed by atoms with Crippen molar-refractivity contribution >= 4 is 5.78 Å². The molecule has 0 aliphatic carbocycles. The zero-order valence-electron chi connectivity index (χ0n) is 10.9. The standard InChI is InChI=1S/C15H20O3/c1-17-15-5-3-2-4-13(15)11-14(16)10-12-6-8-18-9-7-12/h2-5,12H,6-11H2,1H3. The van der Waals surface area contributed by atoms with E-state index in [1.54, 1.807) is 7.11 Å². The molecule has 0 bridgehead atoms. The molecule has 0 atom stereocenters. The lowest BCUT2D eigenvalue weighted by Crippen LogP contribution is -2.19. The molecule has 1 aromatic carbocycles. The average molecular weight is 248 g/mol. The molecule has 2 rings (SSSR count). The van der Waals surface area contributed by atoms with Crippen LogP contribution in [0.5, 0.6) is 5.75 Å². The summed E-state index contributed by atoms with van der Waals surface area (Å²) in [4.78, 5) is 12.1. The zero-order valence-corrected chi connectivity index (χ0v) is 10.9. The van der Waals surface area contributed by atoms with Crippen molar-refractivity contribution in [2.45, 2.75) is 25.7 Å². The summed E-state index contributed by atoms with van der Waals surface area (Å²) in [7, 11) is 1.64. The van der Waals surface area contributed by atoms with Crippen molar-refractivity contribution in [3.63, 3.8) is 0 Å². The van der Waals surface area contributed by atoms with Crippen molar-refractivity contribution in [3.8, 4) is 5.75 Å². The number of ketones is 1. The lowest BCUT2D eigenvalue weighted by atomic mass is 9.92. The van der Waals surface area contributed by atoms with Gasteiger partial charge in [-0.3, -0.25) is 4.79 Å². The molecule has 1 aliphatic heterocycles. The highest BCUT2D eigenvalue weighted by Crippen LogP contribution is 2.22. The molecule has 0 radical (unpaired) electrons. The third-order valence-electron chi connectivity index (χ3n) is 3.44. The molecule has 0 saturated carbocycles. The Morgan fingerprint density at radius 3 is 2.78 bits per heavy atom. The first kappa shape index (κ1) is 13.1. The fourth-order valence-corrected chi connectivity index (χ4v) is 2.41. The predicted octanol–water partition coefficient (Wildman–Crippen LogP) is 2.62. The minimum absolute atomic E-state index is 0.298. The van der Waals surface area contributed by atoms with Gasteiger partial charge < -0.3 is 9.47 Å². The van der Waals surface area contributed by atoms with Gasteiger partial charge in [-0.25, -0.2) is 0 Å². The second kappa shape index (κ2) is 6.55. The summed E-state index contributed by atoms with van der Waals surface area (Å²) in [5.74, 6) is 1.60. The molecule has 3 nitrogen and oxygen atoms in total. The Labute approximate surface area is 108 Å². The van der Waals surface area contributed by atoms with Gasteiger partial charge in [-0.1, -0.05) is 18.2 Å². The van der Waals surface area contributed by atoms with Crippen molar-refractivity contribution < 1.29 is 14.3 Å². The second-order valence-corrected chi connectivity index (χ2v) is 4.79. The number of benzene rings is 1. The van der Waals surface area contributed by atoms with Crippen molar-refractivity contribution in [1.82, 2.24) is 0 Å². The highest BCUT2D eigenvalue weighted by molar-refractivity contribution is 5.81. The first-order valence-electron chi connectivity index (χ1n) is 6.51. The summed E-state index contributed by atoms with van der Waals surface area (Å²) in [5, 5.41) is 0. The van der Waals surface area contributed by atoms with Gasteiger partial charge in [0.1, 0.15) is 11.5 Å². The number of para-hydroxylation sites is 1. The van der Waals surface area contributed by atoms with E-state index < -0.39 is 0 Å². The molecule has 1 aliphatic rings. The second-order valence-electron chi connectivity index (χ2n) is 4.79. The van der Waals surface area contributed by atoms with Gasteiger partial charge in [-0.2, -0.15) is 0 Å². The predicted molar refractivity (Wildman–Crippen MR) is 69.9 cm³/mol. The number of ether oxygens (including phenoxy) is 2. The van der Waals surface area contributed by atoms with Crippen LogP contribution in [0.2, 0.25) is 0 Å². The van der Waals surface area contributed by atoms with E-state index in [0.29, 0.717) is 24.5 Å². The Hall–Kier alpha value is -1.35. The summed E-state index contributed by atoms with van der Waals surface area (Å²) < 4.78 is 10.6. The van der Waals surface area contributed by atoms with Crippen LogP contribution in [-0.4, -0.2) is 26.1 Å².